The molecule has 0 aromatic carbocycles. The third-order valence-electron chi connectivity index (χ3n) is 14.4. The van der Waals surface area contributed by atoms with E-state index in [4.69, 9.17) is 4.74 Å². The first kappa shape index (κ1) is 68.1. The Morgan fingerprint density at radius 2 is 0.671 bits per heavy atom. The first-order valence-corrected chi connectivity index (χ1v) is 31.3. The van der Waals surface area contributed by atoms with Crippen molar-refractivity contribution in [3.05, 3.63) is 36.5 Å². The number of aliphatic hydroxyl groups excluding tert-OH is 2. The minimum atomic E-state index is -0.854. The summed E-state index contributed by atoms with van der Waals surface area (Å²) < 4.78 is 5.46. The van der Waals surface area contributed by atoms with E-state index in [2.05, 4.69) is 43.5 Å². The van der Waals surface area contributed by atoms with Crippen molar-refractivity contribution < 1.29 is 24.5 Å². The molecule has 0 heterocycles. The van der Waals surface area contributed by atoms with Crippen molar-refractivity contribution in [2.24, 2.45) is 0 Å². The molecule has 0 aliphatic carbocycles. The summed E-state index contributed by atoms with van der Waals surface area (Å²) in [6.07, 6.45) is 74.6. The molecule has 0 aromatic rings. The number of unbranched alkanes of at least 4 members (excludes halogenated alkanes) is 43. The third-order valence-corrected chi connectivity index (χ3v) is 14.4. The number of ether oxygens (including phenoxy) is 1. The molecule has 0 aliphatic rings. The molecule has 6 heteroatoms. The molecule has 70 heavy (non-hydrogen) atoms. The summed E-state index contributed by atoms with van der Waals surface area (Å²) >= 11 is 0. The van der Waals surface area contributed by atoms with Gasteiger partial charge in [-0.05, 0) is 83.5 Å². The molecule has 0 aliphatic heterocycles. The van der Waals surface area contributed by atoms with Crippen LogP contribution in [-0.4, -0.2) is 47.4 Å². The van der Waals surface area contributed by atoms with Gasteiger partial charge in [-0.15, -0.1) is 0 Å². The summed E-state index contributed by atoms with van der Waals surface area (Å²) in [7, 11) is 0. The second-order valence-corrected chi connectivity index (χ2v) is 21.4. The van der Waals surface area contributed by atoms with Gasteiger partial charge in [0, 0.05) is 12.8 Å². The molecule has 0 saturated heterocycles. The van der Waals surface area contributed by atoms with Crippen molar-refractivity contribution >= 4 is 11.9 Å². The van der Waals surface area contributed by atoms with Crippen LogP contribution in [0, 0.1) is 0 Å². The molecule has 3 N–H and O–H groups in total. The van der Waals surface area contributed by atoms with Crippen LogP contribution in [0.25, 0.3) is 0 Å². The van der Waals surface area contributed by atoms with Crippen LogP contribution in [0.4, 0.5) is 0 Å². The van der Waals surface area contributed by atoms with Crippen LogP contribution in [0.3, 0.4) is 0 Å². The fraction of sp³-hybridized carbons (Fsp3) is 0.875. The van der Waals surface area contributed by atoms with Gasteiger partial charge in [0.05, 0.1) is 25.4 Å². The predicted octanol–water partition coefficient (Wildman–Crippen LogP) is 19.6. The van der Waals surface area contributed by atoms with Crippen LogP contribution in [0.1, 0.15) is 335 Å². The van der Waals surface area contributed by atoms with Crippen molar-refractivity contribution in [2.75, 3.05) is 13.2 Å². The monoisotopic (exact) mass is 984 g/mol. The summed E-state index contributed by atoms with van der Waals surface area (Å²) in [6.45, 7) is 4.89. The predicted molar refractivity (Wildman–Crippen MR) is 306 cm³/mol. The number of carbonyl (C=O) groups excluding carboxylic acids is 2. The smallest absolute Gasteiger partial charge is 0.305 e. The Kier molecular flexibility index (Phi) is 58.0. The first-order valence-electron chi connectivity index (χ1n) is 31.3. The Morgan fingerprint density at radius 3 is 1.01 bits per heavy atom. The zero-order valence-electron chi connectivity index (χ0n) is 47.0. The van der Waals surface area contributed by atoms with Gasteiger partial charge < -0.3 is 20.3 Å². The largest absolute Gasteiger partial charge is 0.466 e. The number of hydrogen-bond acceptors (Lipinski definition) is 5. The average molecular weight is 985 g/mol. The standard InChI is InChI=1S/C64H121NO5/c1-3-5-7-9-11-13-15-17-19-20-21-22-23-24-26-29-32-36-40-44-48-52-56-62(67)61(60-66)65-63(68)57-53-49-45-41-37-33-30-27-25-28-31-35-39-43-47-51-55-59-70-64(69)58-54-50-46-42-38-34-18-16-14-12-10-8-6-4-2/h16,18,25,28,52,56,61-62,66-67H,3-15,17,19-24,26-27,29-51,53-55,57-60H2,1-2H3,(H,65,68)/b18-16-,28-25-,56-52+. The molecule has 2 unspecified atom stereocenters. The van der Waals surface area contributed by atoms with Crippen molar-refractivity contribution in [1.82, 2.24) is 5.32 Å². The molecule has 6 nitrogen and oxygen atoms in total. The van der Waals surface area contributed by atoms with Gasteiger partial charge >= 0.3 is 5.97 Å². The van der Waals surface area contributed by atoms with Crippen LogP contribution in [0.5, 0.6) is 0 Å². The molecule has 0 spiro atoms. The highest BCUT2D eigenvalue weighted by Crippen LogP contribution is 2.17. The zero-order valence-corrected chi connectivity index (χ0v) is 47.0. The Labute approximate surface area is 436 Å². The number of amides is 1. The van der Waals surface area contributed by atoms with Gasteiger partial charge in [-0.1, -0.05) is 275 Å². The van der Waals surface area contributed by atoms with E-state index in [0.717, 1.165) is 57.8 Å². The van der Waals surface area contributed by atoms with Crippen LogP contribution in [0.2, 0.25) is 0 Å². The fourth-order valence-corrected chi connectivity index (χ4v) is 9.57. The molecule has 0 bridgehead atoms. The molecule has 412 valence electrons. The second kappa shape index (κ2) is 59.6. The van der Waals surface area contributed by atoms with E-state index < -0.39 is 12.1 Å². The van der Waals surface area contributed by atoms with E-state index in [0.29, 0.717) is 19.4 Å². The second-order valence-electron chi connectivity index (χ2n) is 21.4. The van der Waals surface area contributed by atoms with Crippen molar-refractivity contribution in [3.8, 4) is 0 Å². The summed E-state index contributed by atoms with van der Waals surface area (Å²) in [5.41, 5.74) is 0. The lowest BCUT2D eigenvalue weighted by molar-refractivity contribution is -0.143. The van der Waals surface area contributed by atoms with Gasteiger partial charge in [-0.2, -0.15) is 0 Å². The quantitative estimate of drug-likeness (QED) is 0.0321. The minimum Gasteiger partial charge on any atom is -0.466 e. The fourth-order valence-electron chi connectivity index (χ4n) is 9.57. The van der Waals surface area contributed by atoms with Crippen molar-refractivity contribution in [2.45, 2.75) is 347 Å². The van der Waals surface area contributed by atoms with Gasteiger partial charge in [0.2, 0.25) is 5.91 Å². The maximum absolute atomic E-state index is 12.5. The Morgan fingerprint density at radius 1 is 0.386 bits per heavy atom. The summed E-state index contributed by atoms with van der Waals surface area (Å²) in [6, 6.07) is -0.638. The third kappa shape index (κ3) is 55.4. The number of allylic oxidation sites excluding steroid dienone is 5. The van der Waals surface area contributed by atoms with Crippen molar-refractivity contribution in [1.29, 1.82) is 0 Å². The molecule has 0 fully saturated rings. The molecule has 0 aromatic heterocycles. The van der Waals surface area contributed by atoms with Gasteiger partial charge in [0.15, 0.2) is 0 Å². The van der Waals surface area contributed by atoms with E-state index in [1.807, 2.05) is 6.08 Å². The van der Waals surface area contributed by atoms with Gasteiger partial charge in [-0.3, -0.25) is 9.59 Å². The van der Waals surface area contributed by atoms with E-state index in [1.165, 1.54) is 250 Å². The van der Waals surface area contributed by atoms with Gasteiger partial charge in [0.25, 0.3) is 0 Å². The Balaban J connectivity index is 3.49. The lowest BCUT2D eigenvalue weighted by Crippen LogP contribution is -2.45. The summed E-state index contributed by atoms with van der Waals surface area (Å²) in [5.74, 6) is -0.0887. The summed E-state index contributed by atoms with van der Waals surface area (Å²) in [5, 5.41) is 23.2. The van der Waals surface area contributed by atoms with Crippen LogP contribution in [-0.2, 0) is 14.3 Å². The van der Waals surface area contributed by atoms with Crippen LogP contribution >= 0.6 is 0 Å². The van der Waals surface area contributed by atoms with E-state index in [1.54, 1.807) is 6.08 Å². The highest BCUT2D eigenvalue weighted by atomic mass is 16.5. The van der Waals surface area contributed by atoms with Crippen LogP contribution in [0.15, 0.2) is 36.5 Å². The maximum atomic E-state index is 12.5. The lowest BCUT2D eigenvalue weighted by Gasteiger charge is -2.20. The zero-order chi connectivity index (χ0) is 50.7. The molecule has 0 rings (SSSR count). The average Bonchev–Trinajstić information content (AvgIpc) is 3.36. The normalized spacial score (nSPS) is 12.8. The van der Waals surface area contributed by atoms with E-state index in [-0.39, 0.29) is 18.5 Å². The Hall–Kier alpha value is -1.92. The van der Waals surface area contributed by atoms with Crippen molar-refractivity contribution in [3.63, 3.8) is 0 Å². The number of aliphatic hydroxyl groups is 2. The number of rotatable bonds is 58. The number of carbonyl (C=O) groups is 2. The van der Waals surface area contributed by atoms with E-state index >= 15 is 0 Å². The molecule has 0 radical (unpaired) electrons. The topological polar surface area (TPSA) is 95.9 Å². The Bertz CT molecular complexity index is 1130. The number of esters is 1. The van der Waals surface area contributed by atoms with Gasteiger partial charge in [-0.25, -0.2) is 0 Å². The minimum absolute atomic E-state index is 0.0110. The van der Waals surface area contributed by atoms with Gasteiger partial charge in [0.1, 0.15) is 0 Å². The maximum Gasteiger partial charge on any atom is 0.305 e. The lowest BCUT2D eigenvalue weighted by atomic mass is 10.0. The first-order chi connectivity index (χ1) is 34.5. The number of nitrogens with one attached hydrogen (secondary N) is 1. The van der Waals surface area contributed by atoms with E-state index in [9.17, 15) is 19.8 Å². The highest BCUT2D eigenvalue weighted by molar-refractivity contribution is 5.76. The highest BCUT2D eigenvalue weighted by Gasteiger charge is 2.18. The molecule has 1 amide bonds. The molecular weight excluding hydrogens is 863 g/mol. The number of hydrogen-bond donors (Lipinski definition) is 3. The van der Waals surface area contributed by atoms with Crippen LogP contribution < -0.4 is 5.32 Å². The molecular formula is C64H121NO5. The molecule has 0 saturated carbocycles. The summed E-state index contributed by atoms with van der Waals surface area (Å²) in [4.78, 5) is 24.5. The molecule has 2 atom stereocenters. The SMILES string of the molecule is CCCCCCC/C=C\CCCCCCCC(=O)OCCCCCCCC/C=C\CCCCCCCCCC(=O)NC(CO)C(O)/C=C/CCCCCCCCCCCCCCCCCCCCCC.